The van der Waals surface area contributed by atoms with Gasteiger partial charge in [0.15, 0.2) is 0 Å². The second-order valence-electron chi connectivity index (χ2n) is 29.8. The van der Waals surface area contributed by atoms with Crippen molar-refractivity contribution in [1.29, 1.82) is 0 Å². The lowest BCUT2D eigenvalue weighted by Gasteiger charge is -2.46. The second kappa shape index (κ2) is 20.0. The van der Waals surface area contributed by atoms with Crippen LogP contribution in [0.15, 0.2) is 285 Å². The van der Waals surface area contributed by atoms with E-state index < -0.39 is 0 Å². The van der Waals surface area contributed by atoms with E-state index >= 15 is 0 Å². The number of hydrogen-bond acceptors (Lipinski definition) is 4. The molecule has 17 aromatic rings. The number of anilines is 9. The third kappa shape index (κ3) is 7.74. The molecule has 4 aliphatic rings. The molecule has 0 fully saturated rings. The topological polar surface area (TPSA) is 19.0 Å². The Labute approximate surface area is 570 Å². The largest absolute Gasteiger partial charge is 0.458 e. The number of hydrogen-bond donors (Lipinski definition) is 0. The molecule has 0 saturated carbocycles. The monoisotopic (exact) mass is 1250 g/mol. The maximum absolute atomic E-state index is 7.81. The number of rotatable bonds is 3. The summed E-state index contributed by atoms with van der Waals surface area (Å²) in [5.74, 6) is 1.78. The first kappa shape index (κ1) is 55.7. The van der Waals surface area contributed by atoms with E-state index in [4.69, 9.17) is 4.74 Å². The van der Waals surface area contributed by atoms with Gasteiger partial charge in [-0.25, -0.2) is 0 Å². The van der Waals surface area contributed by atoms with E-state index in [1.54, 1.807) is 0 Å². The fourth-order valence-corrected chi connectivity index (χ4v) is 17.9. The summed E-state index contributed by atoms with van der Waals surface area (Å²) in [4.78, 5) is 7.77. The third-order valence-electron chi connectivity index (χ3n) is 22.5. The number of para-hydroxylation sites is 2. The van der Waals surface area contributed by atoms with Crippen molar-refractivity contribution in [2.75, 3.05) is 14.7 Å². The average molecular weight is 1250 g/mol. The van der Waals surface area contributed by atoms with Crippen molar-refractivity contribution in [3.63, 3.8) is 0 Å². The van der Waals surface area contributed by atoms with Crippen LogP contribution >= 0.6 is 0 Å². The lowest BCUT2D eigenvalue weighted by atomic mass is 9.30. The highest BCUT2D eigenvalue weighted by Crippen LogP contribution is 2.52. The Bertz CT molecular complexity index is 6330. The highest BCUT2D eigenvalue weighted by atomic mass is 16.5. The molecule has 0 aromatic heterocycles. The molecular formula is C92H65B2N3O. The highest BCUT2D eigenvalue weighted by molar-refractivity contribution is 7.02. The van der Waals surface area contributed by atoms with Gasteiger partial charge in [0.05, 0.1) is 0 Å². The van der Waals surface area contributed by atoms with Gasteiger partial charge in [0, 0.05) is 57.3 Å². The molecule has 0 atom stereocenters. The summed E-state index contributed by atoms with van der Waals surface area (Å²) in [6.45, 7) is 13.8. The first-order valence-corrected chi connectivity index (χ1v) is 34.7. The van der Waals surface area contributed by atoms with Crippen LogP contribution in [0.4, 0.5) is 51.2 Å². The first-order chi connectivity index (χ1) is 47.9. The Balaban J connectivity index is 0.838. The summed E-state index contributed by atoms with van der Waals surface area (Å²) in [6, 6.07) is 109. The van der Waals surface area contributed by atoms with E-state index in [-0.39, 0.29) is 24.3 Å². The Kier molecular flexibility index (Phi) is 11.4. The second-order valence-corrected chi connectivity index (χ2v) is 29.8. The van der Waals surface area contributed by atoms with Gasteiger partial charge in [-0.05, 0) is 224 Å². The zero-order chi connectivity index (χ0) is 65.2. The minimum absolute atomic E-state index is 0.155. The molecule has 0 amide bonds. The van der Waals surface area contributed by atoms with E-state index in [2.05, 4.69) is 341 Å². The Hall–Kier alpha value is -11.6. The summed E-state index contributed by atoms with van der Waals surface area (Å²) in [5, 5.41) is 22.6. The lowest BCUT2D eigenvalue weighted by Crippen LogP contribution is -2.64. The van der Waals surface area contributed by atoms with Gasteiger partial charge >= 0.3 is 0 Å². The van der Waals surface area contributed by atoms with Crippen LogP contribution in [0.1, 0.15) is 52.7 Å². The van der Waals surface area contributed by atoms with Crippen LogP contribution in [0.25, 0.3) is 97.0 Å². The minimum atomic E-state index is -0.227. The molecule has 4 nitrogen and oxygen atoms in total. The summed E-state index contributed by atoms with van der Waals surface area (Å²) in [6.07, 6.45) is 0. The third-order valence-corrected chi connectivity index (χ3v) is 22.5. The molecule has 4 heterocycles. The summed E-state index contributed by atoms with van der Waals surface area (Å²) in [7, 11) is 0. The smallest absolute Gasteiger partial charge is 0.256 e. The van der Waals surface area contributed by atoms with Crippen LogP contribution in [0.2, 0.25) is 0 Å². The van der Waals surface area contributed by atoms with Gasteiger partial charge in [-0.3, -0.25) is 0 Å². The standard InChI is InChI=1S/C92H65B2N3O/c1-91(2,3)54-45-84-89-85(46-54)97(58-41-44-73-67-31-12-9-25-61(67)64-28-15-18-34-70(64)76(73)51-58)83-53-87-80(52-79(83)93(89)77-35-19-21-37-81(77)95(84)56-39-42-71-65-29-10-7-23-59(65)62-26-13-16-32-68(62)74(71)49-56)94-78-36-20-22-38-82(78)96(86-47-55(92(4,5)6)48-88(98-87)90(86)94)57-40-43-72-66-30-11-8-24-60(66)63-27-14-17-33-69(63)75(72)50-57/h7-53H,1-6H3. The molecular weight excluding hydrogens is 1180 g/mol. The Morgan fingerprint density at radius 1 is 0.224 bits per heavy atom. The van der Waals surface area contributed by atoms with Crippen molar-refractivity contribution in [2.45, 2.75) is 52.4 Å². The van der Waals surface area contributed by atoms with Crippen molar-refractivity contribution in [1.82, 2.24) is 0 Å². The van der Waals surface area contributed by atoms with Crippen molar-refractivity contribution in [2.24, 2.45) is 0 Å². The zero-order valence-electron chi connectivity index (χ0n) is 55.5. The van der Waals surface area contributed by atoms with Crippen LogP contribution in [-0.4, -0.2) is 13.4 Å². The lowest BCUT2D eigenvalue weighted by molar-refractivity contribution is 0.483. The van der Waals surface area contributed by atoms with E-state index in [1.807, 2.05) is 0 Å². The predicted octanol–water partition coefficient (Wildman–Crippen LogP) is 21.1. The van der Waals surface area contributed by atoms with Gasteiger partial charge in [0.1, 0.15) is 11.5 Å². The van der Waals surface area contributed by atoms with Crippen LogP contribution in [-0.2, 0) is 10.8 Å². The predicted molar refractivity (Wildman–Crippen MR) is 421 cm³/mol. The van der Waals surface area contributed by atoms with Gasteiger partial charge in [-0.15, -0.1) is 0 Å². The van der Waals surface area contributed by atoms with Crippen LogP contribution in [0.5, 0.6) is 11.5 Å². The molecule has 0 saturated heterocycles. The SMILES string of the molecule is CC(C)(C)c1cc2c3c(c1)N(c1ccc4c5ccccc5c5ccccc5c4c1)c1ccccc1B3c1cc3c(cc1O2)N(c1ccc2c4ccccc4c4ccccc4c2c1)c1cc(C(C)(C)C)cc2c1B3c1ccccc1N2c1ccc2c3ccccc3c3ccccc3c2c1. The molecule has 6 heteroatoms. The molecule has 0 spiro atoms. The minimum Gasteiger partial charge on any atom is -0.458 e. The number of nitrogens with zero attached hydrogens (tertiary/aromatic N) is 3. The van der Waals surface area contributed by atoms with E-state index in [9.17, 15) is 0 Å². The highest BCUT2D eigenvalue weighted by Gasteiger charge is 2.48. The maximum Gasteiger partial charge on any atom is 0.256 e. The summed E-state index contributed by atoms with van der Waals surface area (Å²) in [5.41, 5.74) is 19.8. The molecule has 17 aromatic carbocycles. The molecule has 0 aliphatic carbocycles. The van der Waals surface area contributed by atoms with Crippen molar-refractivity contribution in [3.8, 4) is 11.5 Å². The summed E-state index contributed by atoms with van der Waals surface area (Å²) >= 11 is 0. The fourth-order valence-electron chi connectivity index (χ4n) is 17.9. The molecule has 21 rings (SSSR count). The number of fused-ring (bicyclic) bond motifs is 26. The van der Waals surface area contributed by atoms with Crippen molar-refractivity contribution in [3.05, 3.63) is 296 Å². The molecule has 0 bridgehead atoms. The van der Waals surface area contributed by atoms with Crippen LogP contribution in [0.3, 0.4) is 0 Å². The molecule has 460 valence electrons. The van der Waals surface area contributed by atoms with E-state index in [0.29, 0.717) is 0 Å². The molecule has 0 radical (unpaired) electrons. The molecule has 0 unspecified atom stereocenters. The van der Waals surface area contributed by atoms with E-state index in [1.165, 1.54) is 164 Å². The Morgan fingerprint density at radius 3 is 0.888 bits per heavy atom. The van der Waals surface area contributed by atoms with Crippen LogP contribution in [0, 0.1) is 0 Å². The van der Waals surface area contributed by atoms with Crippen molar-refractivity contribution >= 4 is 194 Å². The summed E-state index contributed by atoms with van der Waals surface area (Å²) < 4.78 is 7.81. The van der Waals surface area contributed by atoms with E-state index in [0.717, 1.165) is 39.9 Å². The fraction of sp³-hybridized carbons (Fsp3) is 0.0870. The molecule has 98 heavy (non-hydrogen) atoms. The van der Waals surface area contributed by atoms with Gasteiger partial charge in [-0.1, -0.05) is 248 Å². The molecule has 4 aliphatic heterocycles. The normalized spacial score (nSPS) is 13.8. The average Bonchev–Trinajstić information content (AvgIpc) is 0.687. The van der Waals surface area contributed by atoms with Gasteiger partial charge in [0.2, 0.25) is 0 Å². The maximum atomic E-state index is 7.81. The van der Waals surface area contributed by atoms with Gasteiger partial charge < -0.3 is 19.4 Å². The van der Waals surface area contributed by atoms with Crippen molar-refractivity contribution < 1.29 is 4.74 Å². The van der Waals surface area contributed by atoms with Crippen LogP contribution < -0.4 is 52.2 Å². The van der Waals surface area contributed by atoms with Gasteiger partial charge in [-0.2, -0.15) is 0 Å². The zero-order valence-corrected chi connectivity index (χ0v) is 55.5. The van der Waals surface area contributed by atoms with Gasteiger partial charge in [0.25, 0.3) is 13.4 Å². The number of benzene rings is 17. The Morgan fingerprint density at radius 2 is 0.520 bits per heavy atom. The quantitative estimate of drug-likeness (QED) is 0.130. The molecule has 0 N–H and O–H groups in total. The number of ether oxygens (including phenoxy) is 1. The first-order valence-electron chi connectivity index (χ1n) is 34.7.